The van der Waals surface area contributed by atoms with Crippen molar-refractivity contribution in [1.82, 2.24) is 14.8 Å². The minimum absolute atomic E-state index is 0.0424. The highest BCUT2D eigenvalue weighted by atomic mass is 35.5. The van der Waals surface area contributed by atoms with Gasteiger partial charge in [0, 0.05) is 30.9 Å². The lowest BCUT2D eigenvalue weighted by atomic mass is 10.00. The Morgan fingerprint density at radius 2 is 1.34 bits per heavy atom. The van der Waals surface area contributed by atoms with Gasteiger partial charge in [-0.25, -0.2) is 0 Å². The van der Waals surface area contributed by atoms with E-state index in [0.29, 0.717) is 12.7 Å². The molecule has 1 fully saturated rings. The van der Waals surface area contributed by atoms with Crippen LogP contribution in [-0.4, -0.2) is 68.3 Å². The second-order valence-corrected chi connectivity index (χ2v) is 11.1. The Balaban J connectivity index is 0.000000189. The summed E-state index contributed by atoms with van der Waals surface area (Å²) in [7, 11) is 6.24. The first-order valence-corrected chi connectivity index (χ1v) is 14.7. The van der Waals surface area contributed by atoms with Gasteiger partial charge in [-0.05, 0) is 74.9 Å². The van der Waals surface area contributed by atoms with Gasteiger partial charge in [0.25, 0.3) is 0 Å². The Kier molecular flexibility index (Phi) is 12.4. The molecule has 1 aromatic heterocycles. The van der Waals surface area contributed by atoms with Crippen molar-refractivity contribution in [3.8, 4) is 0 Å². The summed E-state index contributed by atoms with van der Waals surface area (Å²) in [6, 6.07) is 34.7. The number of hydrogen-bond acceptors (Lipinski definition) is 5. The molecule has 3 aromatic carbocycles. The molecule has 216 valence electrons. The average Bonchev–Trinajstić information content (AvgIpc) is 3.01. The van der Waals surface area contributed by atoms with Crippen LogP contribution in [0, 0.1) is 0 Å². The normalized spacial score (nSPS) is 15.0. The molecular weight excluding hydrogens is 530 g/mol. The van der Waals surface area contributed by atoms with E-state index in [9.17, 15) is 0 Å². The molecule has 0 N–H and O–H groups in total. The number of halogens is 1. The maximum absolute atomic E-state index is 6.49. The Bertz CT molecular complexity index is 1210. The number of piperidine rings is 1. The third-order valence-electron chi connectivity index (χ3n) is 7.15. The summed E-state index contributed by atoms with van der Waals surface area (Å²) in [5, 5.41) is 0.724. The fourth-order valence-electron chi connectivity index (χ4n) is 4.79. The summed E-state index contributed by atoms with van der Waals surface area (Å²) < 4.78 is 12.5. The quantitative estimate of drug-likeness (QED) is 0.200. The minimum Gasteiger partial charge on any atom is -0.366 e. The zero-order valence-corrected chi connectivity index (χ0v) is 25.2. The van der Waals surface area contributed by atoms with Gasteiger partial charge < -0.3 is 19.3 Å². The molecule has 41 heavy (non-hydrogen) atoms. The molecule has 1 unspecified atom stereocenters. The first-order valence-electron chi connectivity index (χ1n) is 14.4. The van der Waals surface area contributed by atoms with Gasteiger partial charge in [-0.3, -0.25) is 4.98 Å². The van der Waals surface area contributed by atoms with Crippen LogP contribution in [0.25, 0.3) is 0 Å². The van der Waals surface area contributed by atoms with Gasteiger partial charge in [0.05, 0.1) is 18.4 Å². The van der Waals surface area contributed by atoms with Gasteiger partial charge in [-0.2, -0.15) is 0 Å². The summed E-state index contributed by atoms with van der Waals surface area (Å²) >= 11 is 5.95. The van der Waals surface area contributed by atoms with Crippen molar-refractivity contribution in [2.45, 2.75) is 31.2 Å². The second kappa shape index (κ2) is 16.4. The Morgan fingerprint density at radius 1 is 0.780 bits per heavy atom. The number of hydrogen-bond donors (Lipinski definition) is 0. The fraction of sp³-hybridized carbons (Fsp3) is 0.343. The molecule has 5 rings (SSSR count). The fourth-order valence-corrected chi connectivity index (χ4v) is 4.92. The van der Waals surface area contributed by atoms with Crippen LogP contribution in [0.2, 0.25) is 5.02 Å². The van der Waals surface area contributed by atoms with Gasteiger partial charge in [-0.15, -0.1) is 0 Å². The smallest absolute Gasteiger partial charge is 0.124 e. The van der Waals surface area contributed by atoms with E-state index in [1.165, 1.54) is 11.1 Å². The van der Waals surface area contributed by atoms with Crippen molar-refractivity contribution in [1.29, 1.82) is 0 Å². The molecular formula is C35H42ClN3O2. The molecule has 1 atom stereocenters. The van der Waals surface area contributed by atoms with Crippen LogP contribution in [0.1, 0.15) is 47.4 Å². The van der Waals surface area contributed by atoms with E-state index in [2.05, 4.69) is 82.5 Å². The van der Waals surface area contributed by atoms with Crippen LogP contribution in [0.5, 0.6) is 0 Å². The highest BCUT2D eigenvalue weighted by Crippen LogP contribution is 2.30. The average molecular weight is 572 g/mol. The molecule has 0 radical (unpaired) electrons. The molecule has 1 saturated heterocycles. The van der Waals surface area contributed by atoms with E-state index in [4.69, 9.17) is 21.1 Å². The van der Waals surface area contributed by atoms with E-state index < -0.39 is 0 Å². The van der Waals surface area contributed by atoms with Gasteiger partial charge in [-0.1, -0.05) is 90.5 Å². The van der Waals surface area contributed by atoms with Crippen LogP contribution in [0.4, 0.5) is 0 Å². The molecule has 0 saturated carbocycles. The van der Waals surface area contributed by atoms with Gasteiger partial charge in [0.2, 0.25) is 0 Å². The summed E-state index contributed by atoms with van der Waals surface area (Å²) in [5.41, 5.74) is 4.45. The molecule has 1 aliphatic rings. The minimum atomic E-state index is -0.159. The van der Waals surface area contributed by atoms with Crippen LogP contribution in [0.15, 0.2) is 109 Å². The highest BCUT2D eigenvalue weighted by molar-refractivity contribution is 6.30. The number of likely N-dealkylation sites (tertiary alicyclic amines) is 1. The first-order chi connectivity index (χ1) is 20.0. The van der Waals surface area contributed by atoms with E-state index in [1.807, 2.05) is 56.6 Å². The summed E-state index contributed by atoms with van der Waals surface area (Å²) in [4.78, 5) is 8.87. The maximum atomic E-state index is 6.49. The van der Waals surface area contributed by atoms with Crippen molar-refractivity contribution in [3.63, 3.8) is 0 Å². The Labute approximate surface area is 250 Å². The zero-order valence-electron chi connectivity index (χ0n) is 24.4. The van der Waals surface area contributed by atoms with Gasteiger partial charge in [0.15, 0.2) is 0 Å². The molecule has 0 bridgehead atoms. The standard InChI is InChI=1S/C19H23NO.C16H19ClN2O/c1-20-14-12-18(13-15-20)21-19(16-8-4-2-5-9-16)17-10-6-3-7-11-17;1-19(2)11-12-20-16(15-5-3-4-10-18-15)13-6-8-14(17)9-7-13/h2-11,18-19H,12-15H2,1H3;3-10,16H,11-12H2,1-2H3. The first kappa shape index (κ1) is 30.9. The Hall–Kier alpha value is -3.06. The lowest BCUT2D eigenvalue weighted by Gasteiger charge is -2.32. The zero-order chi connectivity index (χ0) is 28.9. The predicted molar refractivity (Wildman–Crippen MR) is 168 cm³/mol. The Morgan fingerprint density at radius 3 is 1.88 bits per heavy atom. The summed E-state index contributed by atoms with van der Waals surface area (Å²) in [5.74, 6) is 0. The summed E-state index contributed by atoms with van der Waals surface area (Å²) in [6.45, 7) is 3.77. The number of rotatable bonds is 10. The van der Waals surface area contributed by atoms with Crippen LogP contribution in [-0.2, 0) is 9.47 Å². The molecule has 0 aliphatic carbocycles. The number of ether oxygens (including phenoxy) is 2. The van der Waals surface area contributed by atoms with Crippen LogP contribution >= 0.6 is 11.6 Å². The number of aromatic nitrogens is 1. The molecule has 1 aliphatic heterocycles. The number of likely N-dealkylation sites (N-methyl/N-ethyl adjacent to an activating group) is 1. The third kappa shape index (κ3) is 10.1. The van der Waals surface area contributed by atoms with Crippen molar-refractivity contribution in [2.24, 2.45) is 0 Å². The van der Waals surface area contributed by atoms with Gasteiger partial charge in [0.1, 0.15) is 12.2 Å². The SMILES string of the molecule is CN(C)CCOC(c1ccc(Cl)cc1)c1ccccn1.CN1CCC(OC(c2ccccc2)c2ccccc2)CC1. The van der Waals surface area contributed by atoms with Gasteiger partial charge >= 0.3 is 0 Å². The van der Waals surface area contributed by atoms with E-state index in [0.717, 1.165) is 48.8 Å². The van der Waals surface area contributed by atoms with E-state index >= 15 is 0 Å². The lowest BCUT2D eigenvalue weighted by molar-refractivity contribution is -0.0234. The van der Waals surface area contributed by atoms with E-state index in [-0.39, 0.29) is 12.2 Å². The molecule has 0 amide bonds. The second-order valence-electron chi connectivity index (χ2n) is 10.7. The maximum Gasteiger partial charge on any atom is 0.124 e. The monoisotopic (exact) mass is 571 g/mol. The molecule has 2 heterocycles. The van der Waals surface area contributed by atoms with Crippen molar-refractivity contribution in [3.05, 3.63) is 137 Å². The van der Waals surface area contributed by atoms with Crippen LogP contribution in [0.3, 0.4) is 0 Å². The number of benzene rings is 3. The van der Waals surface area contributed by atoms with E-state index in [1.54, 1.807) is 6.20 Å². The molecule has 5 nitrogen and oxygen atoms in total. The predicted octanol–water partition coefficient (Wildman–Crippen LogP) is 7.29. The molecule has 4 aromatic rings. The third-order valence-corrected chi connectivity index (χ3v) is 7.40. The highest BCUT2D eigenvalue weighted by Gasteiger charge is 2.23. The van der Waals surface area contributed by atoms with Crippen LogP contribution < -0.4 is 0 Å². The number of nitrogens with zero attached hydrogens (tertiary/aromatic N) is 3. The lowest BCUT2D eigenvalue weighted by Crippen LogP contribution is -2.35. The van der Waals surface area contributed by atoms with Crippen molar-refractivity contribution >= 4 is 11.6 Å². The van der Waals surface area contributed by atoms with Crippen molar-refractivity contribution < 1.29 is 9.47 Å². The molecule has 6 heteroatoms. The summed E-state index contributed by atoms with van der Waals surface area (Å²) in [6.07, 6.45) is 4.26. The molecule has 0 spiro atoms. The van der Waals surface area contributed by atoms with Crippen molar-refractivity contribution in [2.75, 3.05) is 47.4 Å². The topological polar surface area (TPSA) is 37.8 Å². The largest absolute Gasteiger partial charge is 0.366 e. The number of pyridine rings is 1.